The normalized spacial score (nSPS) is 10.8. The van der Waals surface area contributed by atoms with E-state index in [9.17, 15) is 13.6 Å². The minimum absolute atomic E-state index is 0.0174. The van der Waals surface area contributed by atoms with Crippen LogP contribution in [0.2, 0.25) is 0 Å². The minimum Gasteiger partial charge on any atom is -0.375 e. The van der Waals surface area contributed by atoms with E-state index >= 15 is 0 Å². The van der Waals surface area contributed by atoms with Crippen molar-refractivity contribution in [3.05, 3.63) is 36.9 Å². The lowest BCUT2D eigenvalue weighted by atomic mass is 10.2. The molecular formula is C13H14F2N4O2. The van der Waals surface area contributed by atoms with Crippen LogP contribution in [0.3, 0.4) is 0 Å². The summed E-state index contributed by atoms with van der Waals surface area (Å²) in [6.07, 6.45) is 0.579. The van der Waals surface area contributed by atoms with E-state index in [1.54, 1.807) is 35.4 Å². The number of carbonyl (C=O) groups excluding carboxylic acids is 1. The Hall–Kier alpha value is -2.35. The molecule has 1 N–H and O–H groups in total. The monoisotopic (exact) mass is 296 g/mol. The highest BCUT2D eigenvalue weighted by molar-refractivity contribution is 5.91. The summed E-state index contributed by atoms with van der Waals surface area (Å²) in [7, 11) is 0. The fourth-order valence-electron chi connectivity index (χ4n) is 1.64. The maximum atomic E-state index is 11.8. The van der Waals surface area contributed by atoms with Gasteiger partial charge >= 0.3 is 0 Å². The number of nitrogens with one attached hydrogen (secondary N) is 1. The van der Waals surface area contributed by atoms with E-state index in [0.717, 1.165) is 5.69 Å². The summed E-state index contributed by atoms with van der Waals surface area (Å²) in [6.45, 7) is -0.697. The van der Waals surface area contributed by atoms with Crippen LogP contribution >= 0.6 is 0 Å². The summed E-state index contributed by atoms with van der Waals surface area (Å²) < 4.78 is 30.0. The minimum atomic E-state index is -2.52. The summed E-state index contributed by atoms with van der Waals surface area (Å²) in [4.78, 5) is 11.6. The number of halogens is 2. The van der Waals surface area contributed by atoms with Gasteiger partial charge in [0.2, 0.25) is 5.91 Å². The molecule has 0 bridgehead atoms. The molecule has 0 unspecified atom stereocenters. The number of benzene rings is 1. The van der Waals surface area contributed by atoms with Gasteiger partial charge in [-0.25, -0.2) is 8.78 Å². The van der Waals surface area contributed by atoms with Crippen LogP contribution in [0.25, 0.3) is 5.69 Å². The third-order valence-electron chi connectivity index (χ3n) is 2.56. The second-order valence-corrected chi connectivity index (χ2v) is 4.18. The number of amides is 1. The highest BCUT2D eigenvalue weighted by Gasteiger charge is 2.06. The van der Waals surface area contributed by atoms with E-state index in [2.05, 4.69) is 20.3 Å². The van der Waals surface area contributed by atoms with Crippen LogP contribution in [0.15, 0.2) is 36.9 Å². The fraction of sp³-hybridized carbons (Fsp3) is 0.308. The van der Waals surface area contributed by atoms with Gasteiger partial charge in [0.15, 0.2) is 0 Å². The number of alkyl halides is 2. The molecule has 0 aliphatic rings. The molecule has 21 heavy (non-hydrogen) atoms. The van der Waals surface area contributed by atoms with E-state index in [1.165, 1.54) is 0 Å². The summed E-state index contributed by atoms with van der Waals surface area (Å²) >= 11 is 0. The zero-order chi connectivity index (χ0) is 15.1. The SMILES string of the molecule is O=C(CCOCC(F)F)Nc1cccc(-n2cnnc2)c1. The lowest BCUT2D eigenvalue weighted by molar-refractivity contribution is -0.117. The second-order valence-electron chi connectivity index (χ2n) is 4.18. The van der Waals surface area contributed by atoms with Crippen molar-refractivity contribution in [3.8, 4) is 5.69 Å². The molecule has 6 nitrogen and oxygen atoms in total. The molecule has 1 amide bonds. The molecule has 2 aromatic rings. The van der Waals surface area contributed by atoms with Gasteiger partial charge in [0.05, 0.1) is 18.7 Å². The van der Waals surface area contributed by atoms with Crippen LogP contribution in [0, 0.1) is 0 Å². The van der Waals surface area contributed by atoms with Crippen molar-refractivity contribution >= 4 is 11.6 Å². The number of hydrogen-bond acceptors (Lipinski definition) is 4. The highest BCUT2D eigenvalue weighted by atomic mass is 19.3. The lowest BCUT2D eigenvalue weighted by Crippen LogP contribution is -2.15. The van der Waals surface area contributed by atoms with Crippen LogP contribution in [0.5, 0.6) is 0 Å². The maximum Gasteiger partial charge on any atom is 0.261 e. The van der Waals surface area contributed by atoms with Crippen molar-refractivity contribution in [1.82, 2.24) is 14.8 Å². The summed E-state index contributed by atoms with van der Waals surface area (Å²) in [5.74, 6) is -0.301. The molecule has 0 saturated heterocycles. The van der Waals surface area contributed by atoms with Gasteiger partial charge < -0.3 is 10.1 Å². The topological polar surface area (TPSA) is 69.0 Å². The van der Waals surface area contributed by atoms with Gasteiger partial charge in [0.25, 0.3) is 6.43 Å². The van der Waals surface area contributed by atoms with E-state index in [0.29, 0.717) is 5.69 Å². The number of anilines is 1. The highest BCUT2D eigenvalue weighted by Crippen LogP contribution is 2.14. The zero-order valence-electron chi connectivity index (χ0n) is 11.1. The number of rotatable bonds is 7. The van der Waals surface area contributed by atoms with Gasteiger partial charge in [0.1, 0.15) is 19.3 Å². The average molecular weight is 296 g/mol. The van der Waals surface area contributed by atoms with E-state index in [4.69, 9.17) is 0 Å². The van der Waals surface area contributed by atoms with Gasteiger partial charge in [-0.05, 0) is 18.2 Å². The molecule has 0 radical (unpaired) electrons. The molecule has 0 aliphatic heterocycles. The van der Waals surface area contributed by atoms with Crippen molar-refractivity contribution < 1.29 is 18.3 Å². The van der Waals surface area contributed by atoms with E-state index < -0.39 is 13.0 Å². The van der Waals surface area contributed by atoms with Crippen molar-refractivity contribution in [2.45, 2.75) is 12.8 Å². The smallest absolute Gasteiger partial charge is 0.261 e. The Balaban J connectivity index is 1.85. The van der Waals surface area contributed by atoms with E-state index in [1.807, 2.05) is 6.07 Å². The first kappa shape index (κ1) is 15.0. The standard InChI is InChI=1S/C13H14F2N4O2/c14-12(15)7-21-5-4-13(20)18-10-2-1-3-11(6-10)19-8-16-17-9-19/h1-3,6,8-9,12H,4-5,7H2,(H,18,20). The van der Waals surface area contributed by atoms with Crippen LogP contribution in [-0.4, -0.2) is 40.3 Å². The third-order valence-corrected chi connectivity index (χ3v) is 2.56. The molecule has 8 heteroatoms. The van der Waals surface area contributed by atoms with Gasteiger partial charge in [-0.3, -0.25) is 9.36 Å². The molecular weight excluding hydrogens is 282 g/mol. The maximum absolute atomic E-state index is 11.8. The molecule has 0 fully saturated rings. The summed E-state index contributed by atoms with van der Waals surface area (Å²) in [5.41, 5.74) is 1.40. The number of aromatic nitrogens is 3. The summed E-state index contributed by atoms with van der Waals surface area (Å²) in [5, 5.41) is 10.1. The Morgan fingerprint density at radius 1 is 1.33 bits per heavy atom. The predicted molar refractivity (Wildman–Crippen MR) is 71.4 cm³/mol. The first-order valence-corrected chi connectivity index (χ1v) is 6.26. The Labute approximate surface area is 119 Å². The molecule has 0 atom stereocenters. The molecule has 1 heterocycles. The Bertz CT molecular complexity index is 575. The number of carbonyl (C=O) groups is 1. The Kier molecular flexibility index (Phi) is 5.33. The summed E-state index contributed by atoms with van der Waals surface area (Å²) in [6, 6.07) is 7.09. The Morgan fingerprint density at radius 3 is 2.81 bits per heavy atom. The zero-order valence-corrected chi connectivity index (χ0v) is 11.1. The van der Waals surface area contributed by atoms with Gasteiger partial charge in [-0.2, -0.15) is 0 Å². The molecule has 112 valence electrons. The molecule has 0 saturated carbocycles. The second kappa shape index (κ2) is 7.44. The van der Waals surface area contributed by atoms with Gasteiger partial charge in [-0.15, -0.1) is 10.2 Å². The first-order valence-electron chi connectivity index (χ1n) is 6.26. The predicted octanol–water partition coefficient (Wildman–Crippen LogP) is 1.88. The molecule has 1 aromatic carbocycles. The van der Waals surface area contributed by atoms with Crippen LogP contribution in [0.1, 0.15) is 6.42 Å². The van der Waals surface area contributed by atoms with Gasteiger partial charge in [-0.1, -0.05) is 6.07 Å². The largest absolute Gasteiger partial charge is 0.375 e. The molecule has 1 aromatic heterocycles. The van der Waals surface area contributed by atoms with Crippen molar-refractivity contribution in [1.29, 1.82) is 0 Å². The van der Waals surface area contributed by atoms with Gasteiger partial charge in [0, 0.05) is 5.69 Å². The molecule has 2 rings (SSSR count). The fourth-order valence-corrected chi connectivity index (χ4v) is 1.64. The van der Waals surface area contributed by atoms with Crippen LogP contribution < -0.4 is 5.32 Å². The first-order chi connectivity index (χ1) is 10.1. The molecule has 0 aliphatic carbocycles. The molecule has 0 spiro atoms. The number of nitrogens with zero attached hydrogens (tertiary/aromatic N) is 3. The van der Waals surface area contributed by atoms with Crippen molar-refractivity contribution in [2.24, 2.45) is 0 Å². The van der Waals surface area contributed by atoms with Crippen molar-refractivity contribution in [2.75, 3.05) is 18.5 Å². The van der Waals surface area contributed by atoms with Crippen LogP contribution in [0.4, 0.5) is 14.5 Å². The van der Waals surface area contributed by atoms with Crippen molar-refractivity contribution in [3.63, 3.8) is 0 Å². The van der Waals surface area contributed by atoms with E-state index in [-0.39, 0.29) is 18.9 Å². The number of hydrogen-bond donors (Lipinski definition) is 1. The van der Waals surface area contributed by atoms with Crippen LogP contribution in [-0.2, 0) is 9.53 Å². The number of ether oxygens (including phenoxy) is 1. The third kappa shape index (κ3) is 4.92. The lowest BCUT2D eigenvalue weighted by Gasteiger charge is -2.08. The Morgan fingerprint density at radius 2 is 2.10 bits per heavy atom. The quantitative estimate of drug-likeness (QED) is 0.792. The average Bonchev–Trinajstić information content (AvgIpc) is 2.98.